The average Bonchev–Trinajstić information content (AvgIpc) is 2.15. The van der Waals surface area contributed by atoms with E-state index in [-0.39, 0.29) is 11.5 Å². The van der Waals surface area contributed by atoms with Gasteiger partial charge in [-0.1, -0.05) is 45.0 Å². The van der Waals surface area contributed by atoms with Crippen molar-refractivity contribution in [2.24, 2.45) is 5.73 Å². The summed E-state index contributed by atoms with van der Waals surface area (Å²) in [4.78, 5) is 0. The van der Waals surface area contributed by atoms with Gasteiger partial charge in [0.15, 0.2) is 0 Å². The third-order valence-electron chi connectivity index (χ3n) is 2.62. The zero-order valence-corrected chi connectivity index (χ0v) is 9.99. The summed E-state index contributed by atoms with van der Waals surface area (Å²) in [5.74, 6) is 0. The van der Waals surface area contributed by atoms with Crippen LogP contribution in [0.3, 0.4) is 0 Å². The normalized spacial score (nSPS) is 16.1. The van der Waals surface area contributed by atoms with Crippen LogP contribution in [0.15, 0.2) is 24.3 Å². The van der Waals surface area contributed by atoms with Crippen molar-refractivity contribution in [2.45, 2.75) is 45.3 Å². The van der Waals surface area contributed by atoms with Crippen LogP contribution >= 0.6 is 0 Å². The molecular weight excluding hydrogens is 186 g/mol. The highest BCUT2D eigenvalue weighted by atomic mass is 16.3. The zero-order valence-electron chi connectivity index (χ0n) is 9.99. The van der Waals surface area contributed by atoms with Crippen LogP contribution in [0, 0.1) is 0 Å². The van der Waals surface area contributed by atoms with Crippen molar-refractivity contribution in [1.29, 1.82) is 0 Å². The maximum Gasteiger partial charge on any atom is 0.0938 e. The summed E-state index contributed by atoms with van der Waals surface area (Å²) in [6.07, 6.45) is -0.570. The molecule has 0 bridgehead atoms. The Morgan fingerprint density at radius 2 is 1.60 bits per heavy atom. The van der Waals surface area contributed by atoms with Crippen LogP contribution in [0.1, 0.15) is 44.9 Å². The fourth-order valence-electron chi connectivity index (χ4n) is 1.48. The minimum atomic E-state index is -0.570. The molecule has 0 radical (unpaired) electrons. The molecule has 0 spiro atoms. The lowest BCUT2D eigenvalue weighted by Gasteiger charge is -2.21. The van der Waals surface area contributed by atoms with Gasteiger partial charge < -0.3 is 10.8 Å². The van der Waals surface area contributed by atoms with E-state index in [1.807, 2.05) is 19.1 Å². The van der Waals surface area contributed by atoms with Crippen LogP contribution < -0.4 is 5.73 Å². The Labute approximate surface area is 92.1 Å². The predicted octanol–water partition coefficient (Wildman–Crippen LogP) is 2.36. The van der Waals surface area contributed by atoms with E-state index >= 15 is 0 Å². The second-order valence-electron chi connectivity index (χ2n) is 5.18. The maximum absolute atomic E-state index is 9.77. The molecule has 0 saturated carbocycles. The smallest absolute Gasteiger partial charge is 0.0938 e. The number of nitrogens with two attached hydrogens (primary N) is 1. The molecule has 0 amide bonds. The topological polar surface area (TPSA) is 46.2 Å². The molecule has 0 aliphatic carbocycles. The van der Waals surface area contributed by atoms with Gasteiger partial charge in [-0.2, -0.15) is 0 Å². The first-order valence-corrected chi connectivity index (χ1v) is 5.36. The summed E-state index contributed by atoms with van der Waals surface area (Å²) in [5.41, 5.74) is 7.95. The monoisotopic (exact) mass is 207 g/mol. The first-order chi connectivity index (χ1) is 6.82. The van der Waals surface area contributed by atoms with Gasteiger partial charge in [0.25, 0.3) is 0 Å². The van der Waals surface area contributed by atoms with Crippen molar-refractivity contribution in [1.82, 2.24) is 0 Å². The van der Waals surface area contributed by atoms with Crippen LogP contribution in [0.4, 0.5) is 0 Å². The lowest BCUT2D eigenvalue weighted by Crippen LogP contribution is -2.24. The number of aliphatic hydroxyl groups is 1. The van der Waals surface area contributed by atoms with Crippen molar-refractivity contribution < 1.29 is 5.11 Å². The Morgan fingerprint density at radius 3 is 1.93 bits per heavy atom. The molecule has 0 aliphatic rings. The molecule has 2 unspecified atom stereocenters. The fraction of sp³-hybridized carbons (Fsp3) is 0.538. The van der Waals surface area contributed by atoms with Crippen LogP contribution in [0.5, 0.6) is 0 Å². The van der Waals surface area contributed by atoms with Gasteiger partial charge in [0, 0.05) is 6.04 Å². The summed E-state index contributed by atoms with van der Waals surface area (Å²) >= 11 is 0. The Kier molecular flexibility index (Phi) is 3.53. The minimum Gasteiger partial charge on any atom is -0.387 e. The zero-order chi connectivity index (χ0) is 11.6. The molecule has 0 aromatic heterocycles. The SMILES string of the molecule is CC(N)C(O)c1ccc(C(C)(C)C)cc1. The second kappa shape index (κ2) is 4.33. The van der Waals surface area contributed by atoms with Crippen molar-refractivity contribution >= 4 is 0 Å². The molecule has 0 fully saturated rings. The fourth-order valence-corrected chi connectivity index (χ4v) is 1.48. The Hall–Kier alpha value is -0.860. The molecule has 1 aromatic rings. The van der Waals surface area contributed by atoms with Gasteiger partial charge in [0.1, 0.15) is 0 Å². The average molecular weight is 207 g/mol. The maximum atomic E-state index is 9.77. The number of hydrogen-bond donors (Lipinski definition) is 2. The first-order valence-electron chi connectivity index (χ1n) is 5.36. The lowest BCUT2D eigenvalue weighted by molar-refractivity contribution is 0.153. The minimum absolute atomic E-state index is 0.151. The molecule has 0 aliphatic heterocycles. The largest absolute Gasteiger partial charge is 0.387 e. The molecule has 0 saturated heterocycles. The summed E-state index contributed by atoms with van der Waals surface area (Å²) in [7, 11) is 0. The van der Waals surface area contributed by atoms with Gasteiger partial charge >= 0.3 is 0 Å². The Bertz CT molecular complexity index is 308. The highest BCUT2D eigenvalue weighted by molar-refractivity contribution is 5.29. The van der Waals surface area contributed by atoms with Gasteiger partial charge in [-0.25, -0.2) is 0 Å². The van der Waals surface area contributed by atoms with E-state index in [0.717, 1.165) is 5.56 Å². The van der Waals surface area contributed by atoms with Crippen molar-refractivity contribution in [3.8, 4) is 0 Å². The van der Waals surface area contributed by atoms with Gasteiger partial charge in [-0.15, -0.1) is 0 Å². The molecule has 1 rings (SSSR count). The van der Waals surface area contributed by atoms with Crippen LogP contribution in [-0.2, 0) is 5.41 Å². The second-order valence-corrected chi connectivity index (χ2v) is 5.18. The molecule has 2 atom stereocenters. The van der Waals surface area contributed by atoms with Crippen LogP contribution in [-0.4, -0.2) is 11.1 Å². The van der Waals surface area contributed by atoms with Gasteiger partial charge in [-0.3, -0.25) is 0 Å². The van der Waals surface area contributed by atoms with E-state index in [4.69, 9.17) is 5.73 Å². The highest BCUT2D eigenvalue weighted by Crippen LogP contribution is 2.24. The third-order valence-corrected chi connectivity index (χ3v) is 2.62. The van der Waals surface area contributed by atoms with Crippen LogP contribution in [0.2, 0.25) is 0 Å². The summed E-state index contributed by atoms with van der Waals surface area (Å²) in [6, 6.07) is 7.79. The number of benzene rings is 1. The molecule has 15 heavy (non-hydrogen) atoms. The van der Waals surface area contributed by atoms with Gasteiger partial charge in [0.05, 0.1) is 6.10 Å². The number of rotatable bonds is 2. The van der Waals surface area contributed by atoms with Crippen molar-refractivity contribution in [3.63, 3.8) is 0 Å². The summed E-state index contributed by atoms with van der Waals surface area (Å²) in [6.45, 7) is 8.32. The van der Waals surface area contributed by atoms with E-state index in [1.54, 1.807) is 0 Å². The third kappa shape index (κ3) is 3.05. The quantitative estimate of drug-likeness (QED) is 0.782. The number of hydrogen-bond acceptors (Lipinski definition) is 2. The molecule has 2 heteroatoms. The van der Waals surface area contributed by atoms with E-state index in [2.05, 4.69) is 32.9 Å². The van der Waals surface area contributed by atoms with E-state index in [0.29, 0.717) is 0 Å². The van der Waals surface area contributed by atoms with Crippen LogP contribution in [0.25, 0.3) is 0 Å². The van der Waals surface area contributed by atoms with Gasteiger partial charge in [0.2, 0.25) is 0 Å². The number of aliphatic hydroxyl groups excluding tert-OH is 1. The van der Waals surface area contributed by atoms with Crippen molar-refractivity contribution in [2.75, 3.05) is 0 Å². The molecule has 1 aromatic carbocycles. The molecule has 2 nitrogen and oxygen atoms in total. The predicted molar refractivity (Wildman–Crippen MR) is 63.8 cm³/mol. The summed E-state index contributed by atoms with van der Waals surface area (Å²) in [5, 5.41) is 9.77. The van der Waals surface area contributed by atoms with E-state index in [9.17, 15) is 5.11 Å². The molecule has 0 heterocycles. The standard InChI is InChI=1S/C13H21NO/c1-9(14)12(15)10-5-7-11(8-6-10)13(2,3)4/h5-9,12,15H,14H2,1-4H3. The first kappa shape index (κ1) is 12.2. The Morgan fingerprint density at radius 1 is 1.13 bits per heavy atom. The Balaban J connectivity index is 2.91. The highest BCUT2D eigenvalue weighted by Gasteiger charge is 2.15. The molecule has 3 N–H and O–H groups in total. The molecule has 84 valence electrons. The lowest BCUT2D eigenvalue weighted by atomic mass is 9.86. The van der Waals surface area contributed by atoms with Crippen molar-refractivity contribution in [3.05, 3.63) is 35.4 Å². The van der Waals surface area contributed by atoms with Gasteiger partial charge in [-0.05, 0) is 23.5 Å². The summed E-state index contributed by atoms with van der Waals surface area (Å²) < 4.78 is 0. The molecular formula is C13H21NO. The van der Waals surface area contributed by atoms with E-state index < -0.39 is 6.10 Å². The van der Waals surface area contributed by atoms with E-state index in [1.165, 1.54) is 5.56 Å².